The molecule has 5 heteroatoms. The summed E-state index contributed by atoms with van der Waals surface area (Å²) >= 11 is 7.34. The molecule has 0 bridgehead atoms. The molecule has 0 spiro atoms. The third-order valence-corrected chi connectivity index (χ3v) is 2.86. The van der Waals surface area contributed by atoms with Gasteiger partial charge in [-0.3, -0.25) is 9.59 Å². The van der Waals surface area contributed by atoms with Gasteiger partial charge in [0, 0.05) is 14.7 Å². The maximum Gasteiger partial charge on any atom is 0.179 e. The quantitative estimate of drug-likeness (QED) is 0.369. The van der Waals surface area contributed by atoms with E-state index in [-0.39, 0.29) is 17.2 Å². The lowest BCUT2D eigenvalue weighted by Crippen LogP contribution is -2.07. The number of rotatable bonds is 3. The van der Waals surface area contributed by atoms with Crippen molar-refractivity contribution in [3.8, 4) is 6.07 Å². The van der Waals surface area contributed by atoms with Gasteiger partial charge in [-0.2, -0.15) is 5.26 Å². The van der Waals surface area contributed by atoms with Gasteiger partial charge in [-0.25, -0.2) is 0 Å². The normalized spacial score (nSPS) is 9.40. The van der Waals surface area contributed by atoms with Crippen LogP contribution in [0.5, 0.6) is 0 Å². The molecule has 0 aliphatic rings. The first-order valence-electron chi connectivity index (χ1n) is 3.92. The Bertz CT molecular complexity index is 465. The summed E-state index contributed by atoms with van der Waals surface area (Å²) in [6.45, 7) is 0. The first-order valence-corrected chi connectivity index (χ1v) is 5.53. The van der Waals surface area contributed by atoms with E-state index in [1.807, 2.05) is 28.7 Å². The van der Waals surface area contributed by atoms with Gasteiger partial charge in [-0.15, -0.1) is 11.6 Å². The Morgan fingerprint density at radius 1 is 1.60 bits per heavy atom. The van der Waals surface area contributed by atoms with Crippen molar-refractivity contribution in [3.05, 3.63) is 32.4 Å². The van der Waals surface area contributed by atoms with Crippen molar-refractivity contribution in [2.24, 2.45) is 0 Å². The lowest BCUT2D eigenvalue weighted by molar-refractivity contribution is 0.101. The highest BCUT2D eigenvalue weighted by Crippen LogP contribution is 2.19. The molecule has 0 radical (unpaired) electrons. The van der Waals surface area contributed by atoms with E-state index >= 15 is 0 Å². The van der Waals surface area contributed by atoms with Gasteiger partial charge in [0.05, 0.1) is 17.5 Å². The molecule has 1 aromatic rings. The van der Waals surface area contributed by atoms with Gasteiger partial charge in [0.1, 0.15) is 6.29 Å². The monoisotopic (exact) mass is 333 g/mol. The summed E-state index contributed by atoms with van der Waals surface area (Å²) in [4.78, 5) is 22.0. The summed E-state index contributed by atoms with van der Waals surface area (Å²) in [7, 11) is 0. The fourth-order valence-electron chi connectivity index (χ4n) is 1.13. The van der Waals surface area contributed by atoms with Crippen molar-refractivity contribution in [3.63, 3.8) is 0 Å². The van der Waals surface area contributed by atoms with Crippen LogP contribution < -0.4 is 0 Å². The van der Waals surface area contributed by atoms with Crippen molar-refractivity contribution in [1.82, 2.24) is 0 Å². The number of carbonyl (C=O) groups is 2. The van der Waals surface area contributed by atoms with Crippen LogP contribution in [0.15, 0.2) is 12.1 Å². The highest BCUT2D eigenvalue weighted by molar-refractivity contribution is 14.1. The molecular weight excluding hydrogens is 328 g/mol. The SMILES string of the molecule is N#Cc1cc(C=O)cc(I)c1C(=O)CCl. The minimum atomic E-state index is -0.310. The van der Waals surface area contributed by atoms with Crippen LogP contribution in [-0.4, -0.2) is 17.9 Å². The van der Waals surface area contributed by atoms with Crippen molar-refractivity contribution in [1.29, 1.82) is 5.26 Å². The Morgan fingerprint density at radius 3 is 2.73 bits per heavy atom. The van der Waals surface area contributed by atoms with Gasteiger partial charge in [0.2, 0.25) is 0 Å². The first kappa shape index (κ1) is 12.1. The van der Waals surface area contributed by atoms with E-state index in [9.17, 15) is 9.59 Å². The van der Waals surface area contributed by atoms with Gasteiger partial charge in [-0.05, 0) is 34.7 Å². The van der Waals surface area contributed by atoms with E-state index in [2.05, 4.69) is 0 Å². The highest BCUT2D eigenvalue weighted by atomic mass is 127. The highest BCUT2D eigenvalue weighted by Gasteiger charge is 2.15. The second-order valence-electron chi connectivity index (χ2n) is 2.71. The zero-order chi connectivity index (χ0) is 11.4. The molecule has 15 heavy (non-hydrogen) atoms. The van der Waals surface area contributed by atoms with Crippen molar-refractivity contribution >= 4 is 46.3 Å². The molecule has 0 unspecified atom stereocenters. The molecule has 0 amide bonds. The average molecular weight is 334 g/mol. The second kappa shape index (κ2) is 5.24. The standard InChI is InChI=1S/C10H5ClINO2/c11-3-9(15)10-7(4-13)1-6(5-14)2-8(10)12/h1-2,5H,3H2. The molecule has 0 saturated carbocycles. The maximum atomic E-state index is 11.4. The molecule has 1 aromatic carbocycles. The van der Waals surface area contributed by atoms with Crippen LogP contribution in [0.3, 0.4) is 0 Å². The number of benzene rings is 1. The number of nitriles is 1. The number of ketones is 1. The van der Waals surface area contributed by atoms with E-state index < -0.39 is 0 Å². The van der Waals surface area contributed by atoms with Crippen LogP contribution in [0.1, 0.15) is 26.3 Å². The number of alkyl halides is 1. The van der Waals surface area contributed by atoms with Gasteiger partial charge >= 0.3 is 0 Å². The predicted octanol–water partition coefficient (Wildman–Crippen LogP) is 2.40. The summed E-state index contributed by atoms with van der Waals surface area (Å²) < 4.78 is 0.569. The third-order valence-electron chi connectivity index (χ3n) is 1.77. The molecule has 0 saturated heterocycles. The summed E-state index contributed by atoms with van der Waals surface area (Å²) in [5.41, 5.74) is 0.857. The van der Waals surface area contributed by atoms with Crippen molar-refractivity contribution < 1.29 is 9.59 Å². The summed E-state index contributed by atoms with van der Waals surface area (Å²) in [5, 5.41) is 8.84. The zero-order valence-electron chi connectivity index (χ0n) is 7.46. The molecule has 1 rings (SSSR count). The van der Waals surface area contributed by atoms with Gasteiger partial charge in [0.15, 0.2) is 5.78 Å². The van der Waals surface area contributed by atoms with Gasteiger partial charge < -0.3 is 0 Å². The van der Waals surface area contributed by atoms with E-state index in [4.69, 9.17) is 16.9 Å². The molecule has 0 aliphatic carbocycles. The average Bonchev–Trinajstić information content (AvgIpc) is 2.26. The summed E-state index contributed by atoms with van der Waals surface area (Å²) in [6.07, 6.45) is 0.637. The van der Waals surface area contributed by atoms with E-state index in [0.717, 1.165) is 0 Å². The number of nitrogens with zero attached hydrogens (tertiary/aromatic N) is 1. The number of aldehydes is 1. The van der Waals surface area contributed by atoms with E-state index in [0.29, 0.717) is 21.0 Å². The summed E-state index contributed by atoms with van der Waals surface area (Å²) in [6, 6.07) is 4.82. The van der Waals surface area contributed by atoms with Crippen LogP contribution in [-0.2, 0) is 0 Å². The number of hydrogen-bond donors (Lipinski definition) is 0. The molecule has 76 valence electrons. The Labute approximate surface area is 105 Å². The Kier molecular flexibility index (Phi) is 4.24. The molecule has 3 nitrogen and oxygen atoms in total. The Balaban J connectivity index is 3.45. The molecule has 0 heterocycles. The van der Waals surface area contributed by atoms with Gasteiger partial charge in [0.25, 0.3) is 0 Å². The third kappa shape index (κ3) is 2.55. The topological polar surface area (TPSA) is 57.9 Å². The van der Waals surface area contributed by atoms with Crippen LogP contribution >= 0.6 is 34.2 Å². The molecular formula is C10H5ClINO2. The lowest BCUT2D eigenvalue weighted by Gasteiger charge is -2.04. The molecule has 0 atom stereocenters. The fourth-order valence-corrected chi connectivity index (χ4v) is 2.22. The van der Waals surface area contributed by atoms with Crippen LogP contribution in [0.4, 0.5) is 0 Å². The molecule has 0 aromatic heterocycles. The van der Waals surface area contributed by atoms with E-state index in [1.165, 1.54) is 6.07 Å². The smallest absolute Gasteiger partial charge is 0.179 e. The minimum absolute atomic E-state index is 0.175. The number of halogens is 2. The molecule has 0 N–H and O–H groups in total. The number of Topliss-reactive ketones (excluding diaryl/α,β-unsaturated/α-hetero) is 1. The summed E-state index contributed by atoms with van der Waals surface area (Å²) in [5.74, 6) is -0.486. The van der Waals surface area contributed by atoms with Crippen molar-refractivity contribution in [2.45, 2.75) is 0 Å². The van der Waals surface area contributed by atoms with Crippen LogP contribution in [0.2, 0.25) is 0 Å². The fraction of sp³-hybridized carbons (Fsp3) is 0.100. The minimum Gasteiger partial charge on any atom is -0.298 e. The Morgan fingerprint density at radius 2 is 2.27 bits per heavy atom. The number of hydrogen-bond acceptors (Lipinski definition) is 3. The second-order valence-corrected chi connectivity index (χ2v) is 4.14. The first-order chi connectivity index (χ1) is 7.13. The van der Waals surface area contributed by atoms with Gasteiger partial charge in [-0.1, -0.05) is 0 Å². The largest absolute Gasteiger partial charge is 0.298 e. The number of carbonyl (C=O) groups excluding carboxylic acids is 2. The molecule has 0 fully saturated rings. The maximum absolute atomic E-state index is 11.4. The van der Waals surface area contributed by atoms with E-state index in [1.54, 1.807) is 6.07 Å². The Hall–Kier alpha value is -0.930. The molecule has 0 aliphatic heterocycles. The van der Waals surface area contributed by atoms with Crippen molar-refractivity contribution in [2.75, 3.05) is 5.88 Å². The zero-order valence-corrected chi connectivity index (χ0v) is 10.4. The van der Waals surface area contributed by atoms with Crippen LogP contribution in [0, 0.1) is 14.9 Å². The van der Waals surface area contributed by atoms with Crippen LogP contribution in [0.25, 0.3) is 0 Å². The lowest BCUT2D eigenvalue weighted by atomic mass is 10.0. The predicted molar refractivity (Wildman–Crippen MR) is 64.3 cm³/mol.